The third kappa shape index (κ3) is 6.25. The van der Waals surface area contributed by atoms with E-state index in [1.165, 1.54) is 10.6 Å². The minimum atomic E-state index is -0.929. The van der Waals surface area contributed by atoms with Gasteiger partial charge in [-0.1, -0.05) is 94.9 Å². The van der Waals surface area contributed by atoms with Gasteiger partial charge in [-0.25, -0.2) is 0 Å². The largest absolute Gasteiger partial charge is 0.457 e. The van der Waals surface area contributed by atoms with Crippen LogP contribution in [0.25, 0.3) is 0 Å². The first-order chi connectivity index (χ1) is 16.3. The number of hydrogen-bond donors (Lipinski definition) is 0. The molecule has 0 spiro atoms. The van der Waals surface area contributed by atoms with E-state index >= 15 is 0 Å². The second kappa shape index (κ2) is 12.5. The van der Waals surface area contributed by atoms with Crippen LogP contribution in [0.5, 0.6) is 0 Å². The SMILES string of the molecule is C=C(C(C)C)[C@H](OC(=O)[C]1[CH][CH][CH][C]1P(c1ccccc1)c1ccccc1)[C@@H](CC=O)C(C)C. The van der Waals surface area contributed by atoms with Crippen molar-refractivity contribution >= 4 is 30.8 Å². The van der Waals surface area contributed by atoms with E-state index in [1.807, 2.05) is 69.5 Å². The highest BCUT2D eigenvalue weighted by Gasteiger charge is 2.44. The van der Waals surface area contributed by atoms with Gasteiger partial charge in [0.05, 0.1) is 0 Å². The van der Waals surface area contributed by atoms with Gasteiger partial charge in [0.25, 0.3) is 0 Å². The van der Waals surface area contributed by atoms with Crippen LogP contribution in [0.3, 0.4) is 0 Å². The van der Waals surface area contributed by atoms with Gasteiger partial charge in [0, 0.05) is 18.0 Å². The van der Waals surface area contributed by atoms with Crippen molar-refractivity contribution in [2.45, 2.75) is 40.2 Å². The number of esters is 1. The van der Waals surface area contributed by atoms with Crippen LogP contribution in [0.15, 0.2) is 72.8 Å². The van der Waals surface area contributed by atoms with Gasteiger partial charge in [0.2, 0.25) is 0 Å². The maximum Gasteiger partial charge on any atom is 0.315 e. The van der Waals surface area contributed by atoms with Crippen LogP contribution >= 0.6 is 7.92 Å². The van der Waals surface area contributed by atoms with E-state index in [0.717, 1.165) is 17.5 Å². The molecular weight excluding hydrogens is 439 g/mol. The fraction of sp³-hybridized carbons (Fsp3) is 0.300. The zero-order valence-electron chi connectivity index (χ0n) is 20.5. The second-order valence-electron chi connectivity index (χ2n) is 9.20. The zero-order chi connectivity index (χ0) is 24.7. The molecular formula is C30H34O3P. The number of ether oxygens (including phenoxy) is 1. The average molecular weight is 474 g/mol. The Morgan fingerprint density at radius 3 is 1.97 bits per heavy atom. The van der Waals surface area contributed by atoms with Gasteiger partial charge in [0.15, 0.2) is 0 Å². The lowest BCUT2D eigenvalue weighted by Gasteiger charge is -2.34. The Labute approximate surface area is 206 Å². The molecule has 0 aromatic heterocycles. The first-order valence-corrected chi connectivity index (χ1v) is 13.2. The molecule has 1 aliphatic rings. The Morgan fingerprint density at radius 2 is 1.50 bits per heavy atom. The highest BCUT2D eigenvalue weighted by atomic mass is 31.1. The molecule has 5 radical (unpaired) electrons. The molecule has 3 rings (SSSR count). The van der Waals surface area contributed by atoms with Crippen LogP contribution in [0, 0.1) is 48.6 Å². The summed E-state index contributed by atoms with van der Waals surface area (Å²) in [5.74, 6) is 0.412. The van der Waals surface area contributed by atoms with Crippen molar-refractivity contribution in [3.63, 3.8) is 0 Å². The Balaban J connectivity index is 1.91. The van der Waals surface area contributed by atoms with Gasteiger partial charge in [-0.15, -0.1) is 0 Å². The predicted octanol–water partition coefficient (Wildman–Crippen LogP) is 5.84. The molecule has 2 aromatic carbocycles. The summed E-state index contributed by atoms with van der Waals surface area (Å²) in [6.07, 6.45) is 6.52. The Morgan fingerprint density at radius 1 is 0.941 bits per heavy atom. The highest BCUT2D eigenvalue weighted by Crippen LogP contribution is 2.56. The Kier molecular flexibility index (Phi) is 9.65. The Hall–Kier alpha value is -2.25. The number of rotatable bonds is 11. The third-order valence-corrected chi connectivity index (χ3v) is 8.74. The van der Waals surface area contributed by atoms with Gasteiger partial charge in [-0.2, -0.15) is 0 Å². The number of hydrogen-bond acceptors (Lipinski definition) is 3. The summed E-state index contributed by atoms with van der Waals surface area (Å²) in [5, 5.41) is 2.35. The molecule has 0 unspecified atom stereocenters. The van der Waals surface area contributed by atoms with Crippen LogP contribution in [0.2, 0.25) is 0 Å². The predicted molar refractivity (Wildman–Crippen MR) is 141 cm³/mol. The molecule has 0 heterocycles. The lowest BCUT2D eigenvalue weighted by Crippen LogP contribution is -2.36. The molecule has 0 saturated heterocycles. The molecule has 34 heavy (non-hydrogen) atoms. The minimum Gasteiger partial charge on any atom is -0.457 e. The monoisotopic (exact) mass is 473 g/mol. The molecule has 177 valence electrons. The number of carbonyl (C=O) groups is 2. The van der Waals surface area contributed by atoms with Crippen molar-refractivity contribution in [3.05, 3.63) is 104 Å². The molecule has 4 heteroatoms. The Bertz CT molecular complexity index is 899. The maximum atomic E-state index is 13.6. The van der Waals surface area contributed by atoms with Crippen LogP contribution in [-0.2, 0) is 14.3 Å². The van der Waals surface area contributed by atoms with Crippen LogP contribution in [0.1, 0.15) is 34.1 Å². The van der Waals surface area contributed by atoms with Gasteiger partial charge in [-0.3, -0.25) is 4.79 Å². The van der Waals surface area contributed by atoms with Crippen LogP contribution < -0.4 is 10.6 Å². The molecule has 3 nitrogen and oxygen atoms in total. The van der Waals surface area contributed by atoms with Crippen molar-refractivity contribution in [2.75, 3.05) is 0 Å². The van der Waals surface area contributed by atoms with E-state index in [4.69, 9.17) is 4.74 Å². The van der Waals surface area contributed by atoms with E-state index in [1.54, 1.807) is 0 Å². The molecule has 2 aromatic rings. The summed E-state index contributed by atoms with van der Waals surface area (Å²) in [5.41, 5.74) is 1.82. The molecule has 0 bridgehead atoms. The van der Waals surface area contributed by atoms with Crippen molar-refractivity contribution in [1.82, 2.24) is 0 Å². The van der Waals surface area contributed by atoms with Gasteiger partial charge in [0.1, 0.15) is 18.3 Å². The van der Waals surface area contributed by atoms with Gasteiger partial charge < -0.3 is 9.53 Å². The number of benzene rings is 2. The fourth-order valence-corrected chi connectivity index (χ4v) is 6.60. The molecule has 0 aliphatic heterocycles. The maximum absolute atomic E-state index is 13.6. The third-order valence-electron chi connectivity index (χ3n) is 6.24. The van der Waals surface area contributed by atoms with E-state index in [2.05, 4.69) is 44.7 Å². The van der Waals surface area contributed by atoms with Gasteiger partial charge >= 0.3 is 5.97 Å². The fourth-order valence-electron chi connectivity index (χ4n) is 4.16. The summed E-state index contributed by atoms with van der Waals surface area (Å²) in [4.78, 5) is 25.0. The summed E-state index contributed by atoms with van der Waals surface area (Å²) in [6, 6.07) is 20.6. The number of aldehydes is 1. The minimum absolute atomic E-state index is 0.112. The summed E-state index contributed by atoms with van der Waals surface area (Å²) < 4.78 is 6.17. The lowest BCUT2D eigenvalue weighted by molar-refractivity contribution is -0.148. The quantitative estimate of drug-likeness (QED) is 0.178. The summed E-state index contributed by atoms with van der Waals surface area (Å²) in [7, 11) is -0.929. The average Bonchev–Trinajstić information content (AvgIpc) is 3.31. The van der Waals surface area contributed by atoms with E-state index in [9.17, 15) is 9.59 Å². The van der Waals surface area contributed by atoms with Crippen LogP contribution in [0.4, 0.5) is 0 Å². The van der Waals surface area contributed by atoms with E-state index in [0.29, 0.717) is 12.3 Å². The molecule has 0 amide bonds. The van der Waals surface area contributed by atoms with Crippen LogP contribution in [-0.4, -0.2) is 18.4 Å². The molecule has 0 N–H and O–H groups in total. The van der Waals surface area contributed by atoms with Gasteiger partial charge in [-0.05, 0) is 55.2 Å². The second-order valence-corrected chi connectivity index (χ2v) is 11.4. The topological polar surface area (TPSA) is 43.4 Å². The summed E-state index contributed by atoms with van der Waals surface area (Å²) >= 11 is 0. The zero-order valence-corrected chi connectivity index (χ0v) is 21.4. The van der Waals surface area contributed by atoms with E-state index in [-0.39, 0.29) is 23.7 Å². The van der Waals surface area contributed by atoms with Crippen molar-refractivity contribution in [2.24, 2.45) is 17.8 Å². The van der Waals surface area contributed by atoms with Crippen molar-refractivity contribution < 1.29 is 14.3 Å². The first kappa shape index (κ1) is 26.4. The number of carbonyl (C=O) groups excluding carboxylic acids is 2. The van der Waals surface area contributed by atoms with Crippen molar-refractivity contribution in [3.8, 4) is 0 Å². The first-order valence-electron chi connectivity index (χ1n) is 11.8. The smallest absolute Gasteiger partial charge is 0.315 e. The van der Waals surface area contributed by atoms with Crippen molar-refractivity contribution in [1.29, 1.82) is 0 Å². The molecule has 2 atom stereocenters. The molecule has 1 fully saturated rings. The van der Waals surface area contributed by atoms with E-state index < -0.39 is 14.0 Å². The standard InChI is InChI=1S/C30H34O3P/c1-21(2)23(5)29(26(19-20-31)22(3)4)33-30(32)27-17-12-18-28(27)34(24-13-8-6-9-14-24)25-15-10-7-11-16-25/h6-18,20-22,26,29H,5,19H2,1-4H3/t26-,29-/m0/s1. The molecule has 1 saturated carbocycles. The lowest BCUT2D eigenvalue weighted by atomic mass is 9.81. The summed E-state index contributed by atoms with van der Waals surface area (Å²) in [6.45, 7) is 12.4. The highest BCUT2D eigenvalue weighted by molar-refractivity contribution is 7.76. The molecule has 1 aliphatic carbocycles. The normalized spacial score (nSPS) is 16.7.